The van der Waals surface area contributed by atoms with Crippen molar-refractivity contribution in [3.05, 3.63) is 37.4 Å². The fourth-order valence-corrected chi connectivity index (χ4v) is 5.95. The summed E-state index contributed by atoms with van der Waals surface area (Å²) in [5.74, 6) is 0.988. The van der Waals surface area contributed by atoms with Crippen molar-refractivity contribution in [2.24, 2.45) is 5.41 Å². The lowest BCUT2D eigenvalue weighted by molar-refractivity contribution is -0.165. The smallest absolute Gasteiger partial charge is 0.409 e. The molecule has 2 amide bonds. The number of hydrogen-bond acceptors (Lipinski definition) is 9. The molecule has 3 fully saturated rings. The van der Waals surface area contributed by atoms with Gasteiger partial charge in [-0.15, -0.1) is 13.2 Å². The zero-order valence-electron chi connectivity index (χ0n) is 24.2. The van der Waals surface area contributed by atoms with Crippen LogP contribution >= 0.6 is 0 Å². The maximum atomic E-state index is 13.6. The summed E-state index contributed by atoms with van der Waals surface area (Å²) in [6.07, 6.45) is 7.46. The second kappa shape index (κ2) is 14.2. The first kappa shape index (κ1) is 30.2. The molecule has 2 aliphatic heterocycles. The summed E-state index contributed by atoms with van der Waals surface area (Å²) in [6, 6.07) is 3.68. The van der Waals surface area contributed by atoms with Gasteiger partial charge in [-0.2, -0.15) is 0 Å². The first-order valence-corrected chi connectivity index (χ1v) is 14.8. The summed E-state index contributed by atoms with van der Waals surface area (Å²) < 4.78 is 11.0. The molecule has 1 aliphatic carbocycles. The number of aromatic nitrogens is 1. The number of esters is 1. The largest absolute Gasteiger partial charge is 0.465 e. The number of carbonyl (C=O) groups excluding carboxylic acids is 3. The minimum atomic E-state index is -1.09. The number of anilines is 3. The highest BCUT2D eigenvalue weighted by Gasteiger charge is 2.52. The van der Waals surface area contributed by atoms with Crippen LogP contribution in [-0.4, -0.2) is 97.8 Å². The topological polar surface area (TPSA) is 116 Å². The van der Waals surface area contributed by atoms with E-state index in [9.17, 15) is 14.4 Å². The van der Waals surface area contributed by atoms with Crippen molar-refractivity contribution in [3.63, 3.8) is 0 Å². The molecule has 41 heavy (non-hydrogen) atoms. The Morgan fingerprint density at radius 1 is 1.00 bits per heavy atom. The zero-order chi connectivity index (χ0) is 29.2. The molecule has 3 heterocycles. The van der Waals surface area contributed by atoms with E-state index in [1.165, 1.54) is 0 Å². The van der Waals surface area contributed by atoms with E-state index in [0.717, 1.165) is 43.0 Å². The molecule has 2 saturated heterocycles. The van der Waals surface area contributed by atoms with E-state index in [0.29, 0.717) is 58.7 Å². The first-order valence-electron chi connectivity index (χ1n) is 14.8. The van der Waals surface area contributed by atoms with E-state index < -0.39 is 11.4 Å². The number of rotatable bonds is 12. The Morgan fingerprint density at radius 2 is 1.71 bits per heavy atom. The average molecular weight is 569 g/mol. The number of carbonyl (C=O) groups is 3. The second-order valence-corrected chi connectivity index (χ2v) is 10.8. The van der Waals surface area contributed by atoms with Crippen molar-refractivity contribution < 1.29 is 23.9 Å². The lowest BCUT2D eigenvalue weighted by Crippen LogP contribution is -2.52. The molecule has 1 atom stereocenters. The second-order valence-electron chi connectivity index (χ2n) is 10.8. The van der Waals surface area contributed by atoms with E-state index in [-0.39, 0.29) is 31.3 Å². The molecule has 4 rings (SSSR count). The van der Waals surface area contributed by atoms with Gasteiger partial charge in [0.25, 0.3) is 0 Å². The summed E-state index contributed by atoms with van der Waals surface area (Å²) in [5.41, 5.74) is -0.191. The van der Waals surface area contributed by atoms with Gasteiger partial charge in [-0.3, -0.25) is 9.59 Å². The molecular formula is C30H44N6O5. The Bertz CT molecular complexity index is 1100. The zero-order valence-corrected chi connectivity index (χ0v) is 24.2. The van der Waals surface area contributed by atoms with Crippen LogP contribution in [0.15, 0.2) is 37.4 Å². The van der Waals surface area contributed by atoms with Crippen LogP contribution in [0.25, 0.3) is 0 Å². The van der Waals surface area contributed by atoms with Gasteiger partial charge >= 0.3 is 12.1 Å². The molecule has 11 nitrogen and oxygen atoms in total. The number of hydrogen-bond donors (Lipinski definition) is 2. The third kappa shape index (κ3) is 6.94. The molecule has 0 radical (unpaired) electrons. The standard InChI is InChI=1S/C30H44N6O5/c1-4-15-31-24-11-12-25(32-16-5-2)33-26(24)34-18-20-35(21-19-34)29(39)41-22-23-10-9-17-36(23)27(37)30(13-7-8-14-30)28(38)40-6-3/h4-5,11-12,23,31H,1-2,6-10,13-22H2,3H3,(H,32,33). The predicted molar refractivity (Wildman–Crippen MR) is 159 cm³/mol. The molecule has 0 aromatic carbocycles. The summed E-state index contributed by atoms with van der Waals surface area (Å²) in [5, 5.41) is 6.57. The summed E-state index contributed by atoms with van der Waals surface area (Å²) >= 11 is 0. The number of amides is 2. The Labute approximate surface area is 242 Å². The summed E-state index contributed by atoms with van der Waals surface area (Å²) in [7, 11) is 0. The van der Waals surface area contributed by atoms with Crippen LogP contribution in [-0.2, 0) is 19.1 Å². The lowest BCUT2D eigenvalue weighted by atomic mass is 9.84. The van der Waals surface area contributed by atoms with Crippen molar-refractivity contribution in [2.45, 2.75) is 51.5 Å². The maximum Gasteiger partial charge on any atom is 0.409 e. The van der Waals surface area contributed by atoms with Crippen molar-refractivity contribution in [1.29, 1.82) is 0 Å². The quantitative estimate of drug-likeness (QED) is 0.221. The van der Waals surface area contributed by atoms with Crippen LogP contribution in [0.5, 0.6) is 0 Å². The molecule has 1 saturated carbocycles. The van der Waals surface area contributed by atoms with Gasteiger partial charge in [0.15, 0.2) is 5.82 Å². The molecule has 1 aromatic heterocycles. The van der Waals surface area contributed by atoms with E-state index in [1.807, 2.05) is 12.1 Å². The van der Waals surface area contributed by atoms with E-state index in [4.69, 9.17) is 14.5 Å². The Kier molecular flexibility index (Phi) is 10.5. The van der Waals surface area contributed by atoms with Crippen LogP contribution in [0, 0.1) is 5.41 Å². The predicted octanol–water partition coefficient (Wildman–Crippen LogP) is 3.65. The third-order valence-electron chi connectivity index (χ3n) is 8.15. The number of nitrogens with one attached hydrogen (secondary N) is 2. The van der Waals surface area contributed by atoms with Gasteiger partial charge in [0, 0.05) is 45.8 Å². The monoisotopic (exact) mass is 568 g/mol. The number of nitrogens with zero attached hydrogens (tertiary/aromatic N) is 4. The number of likely N-dealkylation sites (tertiary alicyclic amines) is 1. The molecule has 1 aromatic rings. The van der Waals surface area contributed by atoms with Crippen molar-refractivity contribution >= 4 is 35.3 Å². The van der Waals surface area contributed by atoms with Gasteiger partial charge in [0.2, 0.25) is 5.91 Å². The Morgan fingerprint density at radius 3 is 2.39 bits per heavy atom. The highest BCUT2D eigenvalue weighted by Crippen LogP contribution is 2.42. The molecule has 11 heteroatoms. The van der Waals surface area contributed by atoms with Crippen LogP contribution < -0.4 is 15.5 Å². The molecule has 2 N–H and O–H groups in total. The lowest BCUT2D eigenvalue weighted by Gasteiger charge is -2.36. The minimum Gasteiger partial charge on any atom is -0.465 e. The first-order chi connectivity index (χ1) is 19.9. The van der Waals surface area contributed by atoms with Crippen molar-refractivity contribution in [2.75, 3.05) is 74.6 Å². The van der Waals surface area contributed by atoms with E-state index in [2.05, 4.69) is 28.7 Å². The van der Waals surface area contributed by atoms with Crippen LogP contribution in [0.1, 0.15) is 45.4 Å². The normalized spacial score (nSPS) is 19.9. The van der Waals surface area contributed by atoms with Gasteiger partial charge in [0.1, 0.15) is 17.8 Å². The average Bonchev–Trinajstić information content (AvgIpc) is 3.69. The Balaban J connectivity index is 1.33. The van der Waals surface area contributed by atoms with E-state index in [1.54, 1.807) is 28.9 Å². The van der Waals surface area contributed by atoms with Gasteiger partial charge in [-0.1, -0.05) is 25.0 Å². The SMILES string of the molecule is C=CCNc1ccc(NCC=C)c(N2CCN(C(=O)OCC3CCCN3C(=O)C3(C(=O)OCC)CCCC3)CC2)n1. The number of pyridine rings is 1. The van der Waals surface area contributed by atoms with Gasteiger partial charge < -0.3 is 34.8 Å². The Hall–Kier alpha value is -3.76. The number of piperazine rings is 1. The van der Waals surface area contributed by atoms with Gasteiger partial charge in [0.05, 0.1) is 18.3 Å². The van der Waals surface area contributed by atoms with Crippen molar-refractivity contribution in [3.8, 4) is 0 Å². The van der Waals surface area contributed by atoms with Crippen LogP contribution in [0.3, 0.4) is 0 Å². The fraction of sp³-hybridized carbons (Fsp3) is 0.600. The van der Waals surface area contributed by atoms with Crippen molar-refractivity contribution in [1.82, 2.24) is 14.8 Å². The molecular weight excluding hydrogens is 524 g/mol. The molecule has 0 bridgehead atoms. The minimum absolute atomic E-state index is 0.123. The summed E-state index contributed by atoms with van der Waals surface area (Å²) in [4.78, 5) is 49.9. The fourth-order valence-electron chi connectivity index (χ4n) is 5.95. The van der Waals surface area contributed by atoms with Gasteiger partial charge in [-0.25, -0.2) is 9.78 Å². The molecule has 224 valence electrons. The molecule has 1 unspecified atom stereocenters. The third-order valence-corrected chi connectivity index (χ3v) is 8.15. The van der Waals surface area contributed by atoms with E-state index >= 15 is 0 Å². The summed E-state index contributed by atoms with van der Waals surface area (Å²) in [6.45, 7) is 13.6. The maximum absolute atomic E-state index is 13.6. The highest BCUT2D eigenvalue weighted by atomic mass is 16.6. The van der Waals surface area contributed by atoms with Crippen LogP contribution in [0.4, 0.5) is 22.1 Å². The molecule has 0 spiro atoms. The van der Waals surface area contributed by atoms with Crippen LogP contribution in [0.2, 0.25) is 0 Å². The van der Waals surface area contributed by atoms with Gasteiger partial charge in [-0.05, 0) is 44.7 Å². The molecule has 3 aliphatic rings. The number of ether oxygens (including phenoxy) is 2. The highest BCUT2D eigenvalue weighted by molar-refractivity contribution is 6.03.